The van der Waals surface area contributed by atoms with Crippen molar-refractivity contribution in [3.63, 3.8) is 0 Å². The summed E-state index contributed by atoms with van der Waals surface area (Å²) in [6.07, 6.45) is 1.40. The minimum absolute atomic E-state index is 0. The lowest BCUT2D eigenvalue weighted by Crippen LogP contribution is -2.17. The number of hydrogen-bond acceptors (Lipinski definition) is 2. The van der Waals surface area contributed by atoms with Gasteiger partial charge in [-0.15, -0.1) is 12.4 Å². The highest BCUT2D eigenvalue weighted by atomic mass is 79.9. The van der Waals surface area contributed by atoms with E-state index in [1.54, 1.807) is 0 Å². The van der Waals surface area contributed by atoms with Crippen molar-refractivity contribution in [3.8, 4) is 0 Å². The van der Waals surface area contributed by atoms with Gasteiger partial charge in [0.15, 0.2) is 0 Å². The molecule has 0 aliphatic carbocycles. The van der Waals surface area contributed by atoms with Crippen molar-refractivity contribution in [2.75, 3.05) is 13.2 Å². The van der Waals surface area contributed by atoms with Crippen LogP contribution in [0.4, 0.5) is 0 Å². The highest BCUT2D eigenvalue weighted by molar-refractivity contribution is 9.10. The van der Waals surface area contributed by atoms with Crippen LogP contribution < -0.4 is 5.32 Å². The van der Waals surface area contributed by atoms with E-state index in [0.29, 0.717) is 6.10 Å². The number of hydrogen-bond donors (Lipinski definition) is 1. The summed E-state index contributed by atoms with van der Waals surface area (Å²) in [7, 11) is 0. The van der Waals surface area contributed by atoms with Gasteiger partial charge in [-0.25, -0.2) is 0 Å². The molecule has 0 atom stereocenters. The van der Waals surface area contributed by atoms with E-state index in [4.69, 9.17) is 4.74 Å². The van der Waals surface area contributed by atoms with Crippen LogP contribution in [0.3, 0.4) is 0 Å². The Bertz CT molecular complexity index is 307. The smallest absolute Gasteiger partial charge is 0.0518 e. The van der Waals surface area contributed by atoms with Gasteiger partial charge in [-0.2, -0.15) is 0 Å². The average Bonchev–Trinajstić information content (AvgIpc) is 2.23. The molecule has 0 aliphatic heterocycles. The summed E-state index contributed by atoms with van der Waals surface area (Å²) in [6.45, 7) is 6.88. The van der Waals surface area contributed by atoms with Gasteiger partial charge in [0.25, 0.3) is 0 Å². The molecule has 98 valence electrons. The van der Waals surface area contributed by atoms with Crippen molar-refractivity contribution >= 4 is 28.3 Å². The number of benzene rings is 1. The molecular formula is C13H21BrClNO. The summed E-state index contributed by atoms with van der Waals surface area (Å²) in [6, 6.07) is 8.36. The zero-order chi connectivity index (χ0) is 11.8. The van der Waals surface area contributed by atoms with Crippen LogP contribution in [0.5, 0.6) is 0 Å². The fourth-order valence-electron chi connectivity index (χ4n) is 1.40. The summed E-state index contributed by atoms with van der Waals surface area (Å²) in [5, 5.41) is 3.40. The van der Waals surface area contributed by atoms with Gasteiger partial charge in [0.2, 0.25) is 0 Å². The Labute approximate surface area is 119 Å². The minimum Gasteiger partial charge on any atom is -0.379 e. The molecule has 17 heavy (non-hydrogen) atoms. The lowest BCUT2D eigenvalue weighted by Gasteiger charge is -2.08. The van der Waals surface area contributed by atoms with E-state index in [1.165, 1.54) is 5.56 Å². The topological polar surface area (TPSA) is 21.3 Å². The van der Waals surface area contributed by atoms with Crippen molar-refractivity contribution in [2.45, 2.75) is 32.9 Å². The van der Waals surface area contributed by atoms with Crippen LogP contribution in [0.15, 0.2) is 28.7 Å². The summed E-state index contributed by atoms with van der Waals surface area (Å²) in [4.78, 5) is 0. The van der Waals surface area contributed by atoms with Crippen LogP contribution in [0.2, 0.25) is 0 Å². The van der Waals surface area contributed by atoms with Crippen LogP contribution in [-0.2, 0) is 11.3 Å². The van der Waals surface area contributed by atoms with Gasteiger partial charge >= 0.3 is 0 Å². The van der Waals surface area contributed by atoms with Gasteiger partial charge in [0, 0.05) is 17.6 Å². The summed E-state index contributed by atoms with van der Waals surface area (Å²) >= 11 is 3.46. The molecular weight excluding hydrogens is 302 g/mol. The molecule has 0 heterocycles. The molecule has 0 saturated heterocycles. The molecule has 4 heteroatoms. The molecule has 1 rings (SSSR count). The molecule has 0 radical (unpaired) electrons. The van der Waals surface area contributed by atoms with Gasteiger partial charge in [0.05, 0.1) is 6.10 Å². The number of ether oxygens (including phenoxy) is 1. The maximum atomic E-state index is 5.47. The third kappa shape index (κ3) is 8.61. The number of nitrogens with one attached hydrogen (secondary N) is 1. The van der Waals surface area contributed by atoms with Gasteiger partial charge in [-0.05, 0) is 44.5 Å². The second kappa shape index (κ2) is 9.89. The first-order chi connectivity index (χ1) is 7.68. The number of rotatable bonds is 7. The lowest BCUT2D eigenvalue weighted by atomic mass is 10.2. The van der Waals surface area contributed by atoms with Crippen molar-refractivity contribution in [2.24, 2.45) is 0 Å². The molecule has 0 saturated carbocycles. The Morgan fingerprint density at radius 3 is 2.76 bits per heavy atom. The maximum Gasteiger partial charge on any atom is 0.0518 e. The van der Waals surface area contributed by atoms with Crippen LogP contribution in [0, 0.1) is 0 Å². The highest BCUT2D eigenvalue weighted by Crippen LogP contribution is 2.11. The van der Waals surface area contributed by atoms with Gasteiger partial charge in [-0.3, -0.25) is 0 Å². The molecule has 2 nitrogen and oxygen atoms in total. The summed E-state index contributed by atoms with van der Waals surface area (Å²) in [5.74, 6) is 0. The monoisotopic (exact) mass is 321 g/mol. The van der Waals surface area contributed by atoms with Crippen LogP contribution in [-0.4, -0.2) is 19.3 Å². The minimum atomic E-state index is 0. The Balaban J connectivity index is 0.00000256. The first-order valence-electron chi connectivity index (χ1n) is 5.75. The quantitative estimate of drug-likeness (QED) is 0.772. The van der Waals surface area contributed by atoms with Crippen molar-refractivity contribution < 1.29 is 4.74 Å². The van der Waals surface area contributed by atoms with Gasteiger partial charge in [0.1, 0.15) is 0 Å². The second-order valence-electron chi connectivity index (χ2n) is 4.08. The molecule has 0 aromatic heterocycles. The second-order valence-corrected chi connectivity index (χ2v) is 5.00. The molecule has 0 amide bonds. The molecule has 0 aliphatic rings. The van der Waals surface area contributed by atoms with E-state index in [0.717, 1.165) is 30.6 Å². The van der Waals surface area contributed by atoms with E-state index >= 15 is 0 Å². The maximum absolute atomic E-state index is 5.47. The highest BCUT2D eigenvalue weighted by Gasteiger charge is 1.95. The largest absolute Gasteiger partial charge is 0.379 e. The normalized spacial score (nSPS) is 10.4. The van der Waals surface area contributed by atoms with Crippen molar-refractivity contribution in [3.05, 3.63) is 34.3 Å². The molecule has 0 spiro atoms. The van der Waals surface area contributed by atoms with E-state index in [-0.39, 0.29) is 12.4 Å². The zero-order valence-electron chi connectivity index (χ0n) is 10.4. The predicted molar refractivity (Wildman–Crippen MR) is 78.8 cm³/mol. The summed E-state index contributed by atoms with van der Waals surface area (Å²) < 4.78 is 6.60. The lowest BCUT2D eigenvalue weighted by molar-refractivity contribution is 0.0770. The summed E-state index contributed by atoms with van der Waals surface area (Å²) in [5.41, 5.74) is 1.30. The Hall–Kier alpha value is -0.0900. The molecule has 1 aromatic rings. The third-order valence-corrected chi connectivity index (χ3v) is 2.66. The van der Waals surface area contributed by atoms with Crippen LogP contribution >= 0.6 is 28.3 Å². The Morgan fingerprint density at radius 2 is 2.12 bits per heavy atom. The standard InChI is InChI=1S/C13H20BrNO.ClH/c1-11(2)16-8-4-7-15-10-12-5-3-6-13(14)9-12;/h3,5-6,9,11,15H,4,7-8,10H2,1-2H3;1H. The first-order valence-corrected chi connectivity index (χ1v) is 6.54. The average molecular weight is 323 g/mol. The number of halogens is 2. The fraction of sp³-hybridized carbons (Fsp3) is 0.538. The fourth-order valence-corrected chi connectivity index (χ4v) is 1.84. The molecule has 0 bridgehead atoms. The third-order valence-electron chi connectivity index (χ3n) is 2.17. The SMILES string of the molecule is CC(C)OCCCNCc1cccc(Br)c1.Cl. The molecule has 1 aromatic carbocycles. The Morgan fingerprint density at radius 1 is 1.35 bits per heavy atom. The molecule has 0 fully saturated rings. The van der Waals surface area contributed by atoms with E-state index < -0.39 is 0 Å². The molecule has 1 N–H and O–H groups in total. The molecule has 0 unspecified atom stereocenters. The van der Waals surface area contributed by atoms with E-state index in [2.05, 4.69) is 53.3 Å². The zero-order valence-corrected chi connectivity index (χ0v) is 12.8. The van der Waals surface area contributed by atoms with E-state index in [1.807, 2.05) is 6.07 Å². The van der Waals surface area contributed by atoms with Crippen LogP contribution in [0.25, 0.3) is 0 Å². The van der Waals surface area contributed by atoms with Crippen LogP contribution in [0.1, 0.15) is 25.8 Å². The first kappa shape index (κ1) is 16.9. The van der Waals surface area contributed by atoms with Crippen molar-refractivity contribution in [1.82, 2.24) is 5.32 Å². The van der Waals surface area contributed by atoms with Gasteiger partial charge in [-0.1, -0.05) is 28.1 Å². The predicted octanol–water partition coefficient (Wildman–Crippen LogP) is 3.78. The van der Waals surface area contributed by atoms with E-state index in [9.17, 15) is 0 Å². The Kier molecular flexibility index (Phi) is 9.84. The van der Waals surface area contributed by atoms with Gasteiger partial charge < -0.3 is 10.1 Å². The van der Waals surface area contributed by atoms with Crippen molar-refractivity contribution in [1.29, 1.82) is 0 Å².